The Hall–Kier alpha value is -2.87. The van der Waals surface area contributed by atoms with Gasteiger partial charge in [-0.1, -0.05) is 12.1 Å². The zero-order chi connectivity index (χ0) is 22.1. The van der Waals surface area contributed by atoms with E-state index < -0.39 is 11.9 Å². The largest absolute Gasteiger partial charge is 0.494 e. The molecule has 7 nitrogen and oxygen atoms in total. The summed E-state index contributed by atoms with van der Waals surface area (Å²) >= 11 is 1.02. The smallest absolute Gasteiger partial charge is 0.348 e. The highest BCUT2D eigenvalue weighted by Crippen LogP contribution is 2.34. The first-order chi connectivity index (χ1) is 14.4. The van der Waals surface area contributed by atoms with E-state index in [1.807, 2.05) is 31.2 Å². The minimum atomic E-state index is -0.580. The first kappa shape index (κ1) is 23.4. The maximum absolute atomic E-state index is 12.5. The van der Waals surface area contributed by atoms with Crippen LogP contribution in [0.25, 0.3) is 0 Å². The number of anilines is 1. The number of rotatable bonds is 10. The van der Waals surface area contributed by atoms with E-state index in [0.29, 0.717) is 23.6 Å². The van der Waals surface area contributed by atoms with E-state index in [1.165, 1.54) is 0 Å². The highest BCUT2D eigenvalue weighted by atomic mass is 32.1. The van der Waals surface area contributed by atoms with Gasteiger partial charge in [-0.05, 0) is 57.4 Å². The van der Waals surface area contributed by atoms with Gasteiger partial charge in [0.05, 0.1) is 25.4 Å². The van der Waals surface area contributed by atoms with Gasteiger partial charge in [0.25, 0.3) is 0 Å². The summed E-state index contributed by atoms with van der Waals surface area (Å²) in [5.74, 6) is -0.583. The lowest BCUT2D eigenvalue weighted by molar-refractivity contribution is -0.116. The first-order valence-corrected chi connectivity index (χ1v) is 10.7. The Labute approximate surface area is 180 Å². The summed E-state index contributed by atoms with van der Waals surface area (Å²) in [6, 6.07) is 7.56. The molecule has 0 spiro atoms. The molecular formula is C22H27NO6S. The van der Waals surface area contributed by atoms with Crippen LogP contribution < -0.4 is 10.1 Å². The molecule has 2 rings (SSSR count). The molecule has 0 fully saturated rings. The number of benzene rings is 1. The lowest BCUT2D eigenvalue weighted by atomic mass is 10.1. The summed E-state index contributed by atoms with van der Waals surface area (Å²) in [6.45, 7) is 7.96. The molecule has 0 atom stereocenters. The number of carbonyl (C=O) groups excluding carboxylic acids is 3. The first-order valence-electron chi connectivity index (χ1n) is 9.90. The SMILES string of the molecule is CCOC(=O)c1sc(NC(=O)CCc2ccc(OCC)cc2)c(C(=O)OCC)c1C. The lowest BCUT2D eigenvalue weighted by Gasteiger charge is -2.08. The highest BCUT2D eigenvalue weighted by Gasteiger charge is 2.27. The van der Waals surface area contributed by atoms with Crippen molar-refractivity contribution in [3.63, 3.8) is 0 Å². The Morgan fingerprint density at radius 3 is 2.17 bits per heavy atom. The molecular weight excluding hydrogens is 406 g/mol. The van der Waals surface area contributed by atoms with Gasteiger partial charge in [0, 0.05) is 6.42 Å². The van der Waals surface area contributed by atoms with E-state index in [-0.39, 0.29) is 36.0 Å². The molecule has 0 aliphatic carbocycles. The van der Waals surface area contributed by atoms with Crippen molar-refractivity contribution in [2.45, 2.75) is 40.5 Å². The van der Waals surface area contributed by atoms with Gasteiger partial charge < -0.3 is 19.5 Å². The minimum absolute atomic E-state index is 0.188. The van der Waals surface area contributed by atoms with E-state index in [4.69, 9.17) is 14.2 Å². The molecule has 8 heteroatoms. The van der Waals surface area contributed by atoms with Gasteiger partial charge in [0.2, 0.25) is 5.91 Å². The summed E-state index contributed by atoms with van der Waals surface area (Å²) < 4.78 is 15.6. The zero-order valence-electron chi connectivity index (χ0n) is 17.7. The van der Waals surface area contributed by atoms with Crippen molar-refractivity contribution in [3.8, 4) is 5.75 Å². The van der Waals surface area contributed by atoms with Gasteiger partial charge in [-0.15, -0.1) is 11.3 Å². The number of amides is 1. The normalized spacial score (nSPS) is 10.4. The van der Waals surface area contributed by atoms with E-state index >= 15 is 0 Å². The summed E-state index contributed by atoms with van der Waals surface area (Å²) in [5.41, 5.74) is 1.63. The predicted octanol–water partition coefficient (Wildman–Crippen LogP) is 4.38. The highest BCUT2D eigenvalue weighted by molar-refractivity contribution is 7.18. The van der Waals surface area contributed by atoms with Crippen molar-refractivity contribution in [1.29, 1.82) is 0 Å². The molecule has 1 aromatic heterocycles. The molecule has 1 aromatic carbocycles. The second kappa shape index (κ2) is 11.3. The molecule has 1 N–H and O–H groups in total. The monoisotopic (exact) mass is 433 g/mol. The molecule has 0 saturated heterocycles. The van der Waals surface area contributed by atoms with Gasteiger partial charge in [0.1, 0.15) is 15.6 Å². The van der Waals surface area contributed by atoms with Crippen molar-refractivity contribution < 1.29 is 28.6 Å². The van der Waals surface area contributed by atoms with Crippen LogP contribution in [0.2, 0.25) is 0 Å². The van der Waals surface area contributed by atoms with Crippen molar-refractivity contribution in [3.05, 3.63) is 45.8 Å². The number of carbonyl (C=O) groups is 3. The van der Waals surface area contributed by atoms with E-state index in [9.17, 15) is 14.4 Å². The van der Waals surface area contributed by atoms with Gasteiger partial charge in [-0.25, -0.2) is 9.59 Å². The fraction of sp³-hybridized carbons (Fsp3) is 0.409. The van der Waals surface area contributed by atoms with Crippen LogP contribution in [0.15, 0.2) is 24.3 Å². The van der Waals surface area contributed by atoms with Gasteiger partial charge >= 0.3 is 11.9 Å². The topological polar surface area (TPSA) is 90.9 Å². The summed E-state index contributed by atoms with van der Waals surface area (Å²) in [4.78, 5) is 37.4. The van der Waals surface area contributed by atoms with Crippen LogP contribution in [0.3, 0.4) is 0 Å². The van der Waals surface area contributed by atoms with Gasteiger partial charge in [0.15, 0.2) is 0 Å². The Balaban J connectivity index is 2.12. The molecule has 30 heavy (non-hydrogen) atoms. The van der Waals surface area contributed by atoms with E-state index in [2.05, 4.69) is 5.32 Å². The van der Waals surface area contributed by atoms with Gasteiger partial charge in [-0.2, -0.15) is 0 Å². The Kier molecular flexibility index (Phi) is 8.86. The van der Waals surface area contributed by atoms with Crippen molar-refractivity contribution in [2.75, 3.05) is 25.1 Å². The van der Waals surface area contributed by atoms with Crippen LogP contribution in [0.4, 0.5) is 5.00 Å². The van der Waals surface area contributed by atoms with Crippen molar-refractivity contribution in [2.24, 2.45) is 0 Å². The number of hydrogen-bond donors (Lipinski definition) is 1. The van der Waals surface area contributed by atoms with Crippen molar-refractivity contribution in [1.82, 2.24) is 0 Å². The minimum Gasteiger partial charge on any atom is -0.494 e. The third kappa shape index (κ3) is 6.06. The molecule has 0 unspecified atom stereocenters. The molecule has 162 valence electrons. The number of nitrogens with one attached hydrogen (secondary N) is 1. The summed E-state index contributed by atoms with van der Waals surface area (Å²) in [6.07, 6.45) is 0.754. The number of thiophene rings is 1. The predicted molar refractivity (Wildman–Crippen MR) is 116 cm³/mol. The second-order valence-corrected chi connectivity index (χ2v) is 7.35. The Morgan fingerprint density at radius 2 is 1.57 bits per heavy atom. The third-order valence-corrected chi connectivity index (χ3v) is 5.40. The molecule has 1 amide bonds. The lowest BCUT2D eigenvalue weighted by Crippen LogP contribution is -2.15. The van der Waals surface area contributed by atoms with E-state index in [0.717, 1.165) is 22.6 Å². The molecule has 0 saturated carbocycles. The number of hydrogen-bond acceptors (Lipinski definition) is 7. The molecule has 2 aromatic rings. The molecule has 1 heterocycles. The van der Waals surface area contributed by atoms with Crippen LogP contribution in [-0.2, 0) is 20.7 Å². The van der Waals surface area contributed by atoms with Crippen LogP contribution >= 0.6 is 11.3 Å². The number of esters is 2. The third-order valence-electron chi connectivity index (χ3n) is 4.22. The van der Waals surface area contributed by atoms with Crippen LogP contribution in [0.1, 0.15) is 58.3 Å². The van der Waals surface area contributed by atoms with Gasteiger partial charge in [-0.3, -0.25) is 4.79 Å². The Bertz CT molecular complexity index is 888. The standard InChI is InChI=1S/C22H27NO6S/c1-5-27-16-11-8-15(9-12-16)10-13-17(24)23-20-18(21(25)28-6-2)14(4)19(30-20)22(26)29-7-3/h8-9,11-12H,5-7,10,13H2,1-4H3,(H,23,24). The molecule has 0 aliphatic rings. The molecule has 0 radical (unpaired) electrons. The summed E-state index contributed by atoms with van der Waals surface area (Å²) in [7, 11) is 0. The average molecular weight is 434 g/mol. The number of aryl methyl sites for hydroxylation is 1. The van der Waals surface area contributed by atoms with Crippen LogP contribution in [-0.4, -0.2) is 37.7 Å². The maximum Gasteiger partial charge on any atom is 0.348 e. The second-order valence-electron chi connectivity index (χ2n) is 6.33. The fourth-order valence-corrected chi connectivity index (χ4v) is 3.91. The number of ether oxygens (including phenoxy) is 3. The zero-order valence-corrected chi connectivity index (χ0v) is 18.5. The fourth-order valence-electron chi connectivity index (χ4n) is 2.81. The molecule has 0 aliphatic heterocycles. The van der Waals surface area contributed by atoms with Crippen LogP contribution in [0.5, 0.6) is 5.75 Å². The van der Waals surface area contributed by atoms with Crippen molar-refractivity contribution >= 4 is 34.2 Å². The maximum atomic E-state index is 12.5. The summed E-state index contributed by atoms with van der Waals surface area (Å²) in [5, 5.41) is 3.05. The average Bonchev–Trinajstić information content (AvgIpc) is 3.04. The van der Waals surface area contributed by atoms with E-state index in [1.54, 1.807) is 20.8 Å². The Morgan fingerprint density at radius 1 is 0.933 bits per heavy atom. The quantitative estimate of drug-likeness (QED) is 0.559. The van der Waals surface area contributed by atoms with Crippen LogP contribution in [0, 0.1) is 6.92 Å². The molecule has 0 bridgehead atoms.